The van der Waals surface area contributed by atoms with Crippen molar-refractivity contribution in [1.82, 2.24) is 25.2 Å². The van der Waals surface area contributed by atoms with E-state index in [4.69, 9.17) is 4.98 Å². The van der Waals surface area contributed by atoms with Gasteiger partial charge in [0.1, 0.15) is 5.82 Å². The minimum Gasteiger partial charge on any atom is -0.359 e. The van der Waals surface area contributed by atoms with Crippen molar-refractivity contribution >= 4 is 17.4 Å². The molecule has 1 saturated heterocycles. The van der Waals surface area contributed by atoms with Crippen LogP contribution in [0, 0.1) is 5.92 Å². The molecule has 1 amide bonds. The molecule has 1 unspecified atom stereocenters. The third-order valence-electron chi connectivity index (χ3n) is 4.89. The molecule has 1 atom stereocenters. The topological polar surface area (TPSA) is 74.6 Å². The monoisotopic (exact) mass is 314 g/mol. The first-order valence-electron chi connectivity index (χ1n) is 8.30. The van der Waals surface area contributed by atoms with Gasteiger partial charge in [0.05, 0.1) is 17.8 Å². The van der Waals surface area contributed by atoms with E-state index < -0.39 is 0 Å². The molecule has 0 bridgehead atoms. The lowest BCUT2D eigenvalue weighted by atomic mass is 10.1. The molecule has 1 fully saturated rings. The smallest absolute Gasteiger partial charge is 0.224 e. The number of fused-ring (bicyclic) bond motifs is 2. The quantitative estimate of drug-likeness (QED) is 0.815. The Kier molecular flexibility index (Phi) is 3.65. The molecule has 2 aromatic rings. The highest BCUT2D eigenvalue weighted by atomic mass is 16.1. The Morgan fingerprint density at radius 2 is 2.26 bits per heavy atom. The van der Waals surface area contributed by atoms with Gasteiger partial charge in [0.25, 0.3) is 0 Å². The first-order valence-corrected chi connectivity index (χ1v) is 8.30. The normalized spacial score (nSPS) is 21.3. The molecule has 0 spiro atoms. The van der Waals surface area contributed by atoms with Crippen LogP contribution in [-0.4, -0.2) is 53.7 Å². The van der Waals surface area contributed by atoms with Gasteiger partial charge in [0, 0.05) is 44.7 Å². The highest BCUT2D eigenvalue weighted by Gasteiger charge is 2.31. The maximum absolute atomic E-state index is 12.0. The molecular formula is C16H22N6O. The molecule has 2 aromatic heterocycles. The molecule has 2 aliphatic rings. The minimum absolute atomic E-state index is 0.0540. The van der Waals surface area contributed by atoms with Gasteiger partial charge in [-0.2, -0.15) is 9.61 Å². The van der Waals surface area contributed by atoms with Gasteiger partial charge in [-0.3, -0.25) is 4.79 Å². The number of rotatable bonds is 2. The molecule has 0 aliphatic carbocycles. The number of carbonyl (C=O) groups excluding carboxylic acids is 1. The fraction of sp³-hybridized carbons (Fsp3) is 0.562. The van der Waals surface area contributed by atoms with Crippen LogP contribution in [0.3, 0.4) is 0 Å². The van der Waals surface area contributed by atoms with Crippen LogP contribution < -0.4 is 15.5 Å². The SMILES string of the molecule is CNC(=O)C1CCN(c2c3c(nc4ccnn24)CCNCC3)C1. The van der Waals surface area contributed by atoms with Crippen LogP contribution >= 0.6 is 0 Å². The summed E-state index contributed by atoms with van der Waals surface area (Å²) >= 11 is 0. The van der Waals surface area contributed by atoms with Crippen molar-refractivity contribution in [2.45, 2.75) is 19.3 Å². The van der Waals surface area contributed by atoms with Crippen molar-refractivity contribution in [3.8, 4) is 0 Å². The average Bonchev–Trinajstić information content (AvgIpc) is 3.17. The van der Waals surface area contributed by atoms with Crippen LogP contribution in [0.2, 0.25) is 0 Å². The predicted molar refractivity (Wildman–Crippen MR) is 87.7 cm³/mol. The Balaban J connectivity index is 1.78. The minimum atomic E-state index is 0.0540. The van der Waals surface area contributed by atoms with Crippen molar-refractivity contribution in [1.29, 1.82) is 0 Å². The van der Waals surface area contributed by atoms with Crippen LogP contribution in [0.15, 0.2) is 12.3 Å². The number of nitrogens with zero attached hydrogens (tertiary/aromatic N) is 4. The Hall–Kier alpha value is -2.15. The maximum Gasteiger partial charge on any atom is 0.224 e. The third kappa shape index (κ3) is 2.45. The van der Waals surface area contributed by atoms with E-state index in [0.29, 0.717) is 0 Å². The third-order valence-corrected chi connectivity index (χ3v) is 4.89. The van der Waals surface area contributed by atoms with E-state index >= 15 is 0 Å². The number of aromatic nitrogens is 3. The van der Waals surface area contributed by atoms with E-state index in [1.54, 1.807) is 13.2 Å². The molecule has 7 heteroatoms. The maximum atomic E-state index is 12.0. The standard InChI is InChI=1S/C16H22N6O/c1-17-15(23)11-5-9-21(10-11)16-12-2-6-18-7-3-13(12)20-14-4-8-19-22(14)16/h4,8,11,18H,2-3,5-7,9-10H2,1H3,(H,17,23). The molecule has 0 aromatic carbocycles. The largest absolute Gasteiger partial charge is 0.359 e. The first-order chi connectivity index (χ1) is 11.3. The van der Waals surface area contributed by atoms with Crippen LogP contribution in [0.1, 0.15) is 17.7 Å². The first kappa shape index (κ1) is 14.4. The van der Waals surface area contributed by atoms with E-state index in [0.717, 1.165) is 56.9 Å². The fourth-order valence-electron chi connectivity index (χ4n) is 3.71. The van der Waals surface area contributed by atoms with Crippen molar-refractivity contribution in [3.63, 3.8) is 0 Å². The molecule has 4 rings (SSSR count). The summed E-state index contributed by atoms with van der Waals surface area (Å²) in [4.78, 5) is 19.1. The molecule has 23 heavy (non-hydrogen) atoms. The Bertz CT molecular complexity index is 739. The molecule has 2 N–H and O–H groups in total. The summed E-state index contributed by atoms with van der Waals surface area (Å²) in [6, 6.07) is 1.95. The number of nitrogens with one attached hydrogen (secondary N) is 2. The zero-order valence-electron chi connectivity index (χ0n) is 13.4. The summed E-state index contributed by atoms with van der Waals surface area (Å²) < 4.78 is 1.94. The zero-order valence-corrected chi connectivity index (χ0v) is 13.4. The van der Waals surface area contributed by atoms with Crippen molar-refractivity contribution in [2.75, 3.05) is 38.1 Å². The summed E-state index contributed by atoms with van der Waals surface area (Å²) in [5, 5.41) is 10.7. The number of hydrogen-bond acceptors (Lipinski definition) is 5. The highest BCUT2D eigenvalue weighted by molar-refractivity contribution is 5.79. The summed E-state index contributed by atoms with van der Waals surface area (Å²) in [6.07, 6.45) is 4.58. The second-order valence-corrected chi connectivity index (χ2v) is 6.26. The molecule has 0 radical (unpaired) electrons. The van der Waals surface area contributed by atoms with Gasteiger partial charge in [0.15, 0.2) is 5.65 Å². The summed E-state index contributed by atoms with van der Waals surface area (Å²) in [5.41, 5.74) is 3.34. The predicted octanol–water partition coefficient (Wildman–Crippen LogP) is -0.0102. The molecule has 7 nitrogen and oxygen atoms in total. The van der Waals surface area contributed by atoms with E-state index in [1.165, 1.54) is 11.3 Å². The molecule has 2 aliphatic heterocycles. The summed E-state index contributed by atoms with van der Waals surface area (Å²) in [5.74, 6) is 1.31. The Morgan fingerprint density at radius 3 is 3.13 bits per heavy atom. The fourth-order valence-corrected chi connectivity index (χ4v) is 3.71. The molecule has 122 valence electrons. The van der Waals surface area contributed by atoms with Gasteiger partial charge in [-0.15, -0.1) is 0 Å². The van der Waals surface area contributed by atoms with Gasteiger partial charge >= 0.3 is 0 Å². The van der Waals surface area contributed by atoms with Gasteiger partial charge < -0.3 is 15.5 Å². The average molecular weight is 314 g/mol. The van der Waals surface area contributed by atoms with Crippen LogP contribution in [0.5, 0.6) is 0 Å². The second-order valence-electron chi connectivity index (χ2n) is 6.26. The number of carbonyl (C=O) groups is 1. The second kappa shape index (κ2) is 5.81. The number of anilines is 1. The Labute approximate surface area is 135 Å². The lowest BCUT2D eigenvalue weighted by Crippen LogP contribution is -2.31. The Morgan fingerprint density at radius 1 is 1.39 bits per heavy atom. The van der Waals surface area contributed by atoms with Crippen LogP contribution in [0.4, 0.5) is 5.82 Å². The zero-order chi connectivity index (χ0) is 15.8. The lowest BCUT2D eigenvalue weighted by Gasteiger charge is -2.23. The van der Waals surface area contributed by atoms with Crippen molar-refractivity contribution < 1.29 is 4.79 Å². The number of amides is 1. The van der Waals surface area contributed by atoms with E-state index in [2.05, 4.69) is 20.6 Å². The van der Waals surface area contributed by atoms with Crippen molar-refractivity contribution in [3.05, 3.63) is 23.5 Å². The van der Waals surface area contributed by atoms with E-state index in [1.807, 2.05) is 10.6 Å². The van der Waals surface area contributed by atoms with Crippen LogP contribution in [0.25, 0.3) is 5.65 Å². The van der Waals surface area contributed by atoms with Crippen molar-refractivity contribution in [2.24, 2.45) is 5.92 Å². The van der Waals surface area contributed by atoms with E-state index in [9.17, 15) is 4.79 Å². The van der Waals surface area contributed by atoms with Gasteiger partial charge in [-0.25, -0.2) is 4.98 Å². The number of hydrogen-bond donors (Lipinski definition) is 2. The van der Waals surface area contributed by atoms with Gasteiger partial charge in [-0.05, 0) is 19.4 Å². The molecular weight excluding hydrogens is 292 g/mol. The van der Waals surface area contributed by atoms with Gasteiger partial charge in [0.2, 0.25) is 5.91 Å². The van der Waals surface area contributed by atoms with Gasteiger partial charge in [-0.1, -0.05) is 0 Å². The molecule has 0 saturated carbocycles. The lowest BCUT2D eigenvalue weighted by molar-refractivity contribution is -0.123. The summed E-state index contributed by atoms with van der Waals surface area (Å²) in [6.45, 7) is 3.56. The summed E-state index contributed by atoms with van der Waals surface area (Å²) in [7, 11) is 1.71. The molecule has 4 heterocycles. The highest BCUT2D eigenvalue weighted by Crippen LogP contribution is 2.30. The van der Waals surface area contributed by atoms with E-state index in [-0.39, 0.29) is 11.8 Å². The van der Waals surface area contributed by atoms with Crippen LogP contribution in [-0.2, 0) is 17.6 Å².